The topological polar surface area (TPSA) is 17.1 Å². The van der Waals surface area contributed by atoms with E-state index in [0.29, 0.717) is 5.92 Å². The maximum absolute atomic E-state index is 12.6. The molecule has 0 radical (unpaired) electrons. The quantitative estimate of drug-likeness (QED) is 0.727. The SMILES string of the molecule is CCc1c(C(=O)c2ccccc2)cccc1C(C)C. The minimum absolute atomic E-state index is 0.125. The second-order valence-corrected chi connectivity index (χ2v) is 5.08. The highest BCUT2D eigenvalue weighted by molar-refractivity contribution is 6.10. The molecule has 0 fully saturated rings. The summed E-state index contributed by atoms with van der Waals surface area (Å²) in [5.41, 5.74) is 4.08. The summed E-state index contributed by atoms with van der Waals surface area (Å²) in [7, 11) is 0. The van der Waals surface area contributed by atoms with Crippen molar-refractivity contribution in [2.45, 2.75) is 33.1 Å². The summed E-state index contributed by atoms with van der Waals surface area (Å²) in [6.07, 6.45) is 0.891. The van der Waals surface area contributed by atoms with E-state index in [1.165, 1.54) is 11.1 Å². The van der Waals surface area contributed by atoms with Crippen LogP contribution >= 0.6 is 0 Å². The molecule has 2 rings (SSSR count). The highest BCUT2D eigenvalue weighted by Crippen LogP contribution is 2.25. The third kappa shape index (κ3) is 2.76. The smallest absolute Gasteiger partial charge is 0.193 e. The van der Waals surface area contributed by atoms with E-state index in [-0.39, 0.29) is 5.78 Å². The summed E-state index contributed by atoms with van der Waals surface area (Å²) in [6, 6.07) is 15.6. The van der Waals surface area contributed by atoms with Crippen LogP contribution in [0.3, 0.4) is 0 Å². The first-order valence-electron chi connectivity index (χ1n) is 6.86. The van der Waals surface area contributed by atoms with Crippen LogP contribution in [0.4, 0.5) is 0 Å². The molecule has 0 aliphatic carbocycles. The van der Waals surface area contributed by atoms with Crippen LogP contribution in [0.1, 0.15) is 53.7 Å². The van der Waals surface area contributed by atoms with Crippen LogP contribution in [-0.4, -0.2) is 5.78 Å². The molecule has 0 atom stereocenters. The molecule has 0 spiro atoms. The molecular formula is C18H20O. The zero-order valence-corrected chi connectivity index (χ0v) is 11.8. The van der Waals surface area contributed by atoms with Crippen molar-refractivity contribution in [1.82, 2.24) is 0 Å². The van der Waals surface area contributed by atoms with Gasteiger partial charge in [-0.2, -0.15) is 0 Å². The summed E-state index contributed by atoms with van der Waals surface area (Å²) in [6.45, 7) is 6.46. The van der Waals surface area contributed by atoms with Crippen molar-refractivity contribution in [1.29, 1.82) is 0 Å². The average Bonchev–Trinajstić information content (AvgIpc) is 2.46. The molecule has 1 nitrogen and oxygen atoms in total. The fourth-order valence-electron chi connectivity index (χ4n) is 2.50. The van der Waals surface area contributed by atoms with Gasteiger partial charge in [0.1, 0.15) is 0 Å². The van der Waals surface area contributed by atoms with Crippen molar-refractivity contribution >= 4 is 5.78 Å². The molecule has 0 aliphatic rings. The van der Waals surface area contributed by atoms with Crippen molar-refractivity contribution < 1.29 is 4.79 Å². The van der Waals surface area contributed by atoms with E-state index >= 15 is 0 Å². The minimum atomic E-state index is 0.125. The third-order valence-corrected chi connectivity index (χ3v) is 3.47. The number of ketones is 1. The molecule has 0 amide bonds. The van der Waals surface area contributed by atoms with Crippen molar-refractivity contribution in [3.05, 3.63) is 70.8 Å². The van der Waals surface area contributed by atoms with Gasteiger partial charge in [-0.15, -0.1) is 0 Å². The number of rotatable bonds is 4. The molecule has 1 heteroatoms. The van der Waals surface area contributed by atoms with Gasteiger partial charge < -0.3 is 0 Å². The fourth-order valence-corrected chi connectivity index (χ4v) is 2.50. The zero-order chi connectivity index (χ0) is 13.8. The predicted molar refractivity (Wildman–Crippen MR) is 79.8 cm³/mol. The van der Waals surface area contributed by atoms with E-state index in [4.69, 9.17) is 0 Å². The molecule has 98 valence electrons. The van der Waals surface area contributed by atoms with Crippen LogP contribution in [0.2, 0.25) is 0 Å². The molecule has 0 aliphatic heterocycles. The number of carbonyl (C=O) groups is 1. The Morgan fingerprint density at radius 3 is 2.26 bits per heavy atom. The first-order valence-corrected chi connectivity index (χ1v) is 6.86. The first-order chi connectivity index (χ1) is 9.15. The first kappa shape index (κ1) is 13.5. The largest absolute Gasteiger partial charge is 0.289 e. The van der Waals surface area contributed by atoms with Crippen LogP contribution in [-0.2, 0) is 6.42 Å². The molecule has 0 aromatic heterocycles. The van der Waals surface area contributed by atoms with Gasteiger partial charge in [-0.3, -0.25) is 4.79 Å². The molecule has 0 N–H and O–H groups in total. The van der Waals surface area contributed by atoms with E-state index in [2.05, 4.69) is 26.8 Å². The van der Waals surface area contributed by atoms with E-state index in [0.717, 1.165) is 17.5 Å². The summed E-state index contributed by atoms with van der Waals surface area (Å²) in [4.78, 5) is 12.6. The van der Waals surface area contributed by atoms with Gasteiger partial charge in [0.15, 0.2) is 5.78 Å². The Bertz CT molecular complexity index is 567. The van der Waals surface area contributed by atoms with Gasteiger partial charge in [0, 0.05) is 11.1 Å². The van der Waals surface area contributed by atoms with Crippen molar-refractivity contribution in [2.75, 3.05) is 0 Å². The van der Waals surface area contributed by atoms with Crippen LogP contribution < -0.4 is 0 Å². The molecule has 19 heavy (non-hydrogen) atoms. The molecule has 0 unspecified atom stereocenters. The summed E-state index contributed by atoms with van der Waals surface area (Å²) < 4.78 is 0. The molecule has 0 heterocycles. The van der Waals surface area contributed by atoms with Crippen molar-refractivity contribution in [3.63, 3.8) is 0 Å². The lowest BCUT2D eigenvalue weighted by atomic mass is 9.89. The second-order valence-electron chi connectivity index (χ2n) is 5.08. The van der Waals surface area contributed by atoms with E-state index in [1.807, 2.05) is 42.5 Å². The van der Waals surface area contributed by atoms with Gasteiger partial charge >= 0.3 is 0 Å². The summed E-state index contributed by atoms with van der Waals surface area (Å²) in [5.74, 6) is 0.568. The predicted octanol–water partition coefficient (Wildman–Crippen LogP) is 4.60. The van der Waals surface area contributed by atoms with Crippen LogP contribution in [0, 0.1) is 0 Å². The van der Waals surface area contributed by atoms with Crippen molar-refractivity contribution in [2.24, 2.45) is 0 Å². The zero-order valence-electron chi connectivity index (χ0n) is 11.8. The van der Waals surface area contributed by atoms with Crippen LogP contribution in [0.15, 0.2) is 48.5 Å². The molecule has 0 bridgehead atoms. The Balaban J connectivity index is 2.51. The molecule has 0 saturated heterocycles. The lowest BCUT2D eigenvalue weighted by Gasteiger charge is -2.15. The summed E-state index contributed by atoms with van der Waals surface area (Å²) in [5, 5.41) is 0. The van der Waals surface area contributed by atoms with Gasteiger partial charge in [0.2, 0.25) is 0 Å². The van der Waals surface area contributed by atoms with Gasteiger partial charge in [0.25, 0.3) is 0 Å². The lowest BCUT2D eigenvalue weighted by Crippen LogP contribution is -2.08. The molecular weight excluding hydrogens is 232 g/mol. The Labute approximate surface area is 115 Å². The monoisotopic (exact) mass is 252 g/mol. The molecule has 2 aromatic rings. The molecule has 2 aromatic carbocycles. The second kappa shape index (κ2) is 5.83. The highest BCUT2D eigenvalue weighted by atomic mass is 16.1. The Morgan fingerprint density at radius 1 is 1.00 bits per heavy atom. The highest BCUT2D eigenvalue weighted by Gasteiger charge is 2.16. The van der Waals surface area contributed by atoms with Gasteiger partial charge in [-0.05, 0) is 23.5 Å². The maximum atomic E-state index is 12.6. The van der Waals surface area contributed by atoms with Crippen molar-refractivity contribution in [3.8, 4) is 0 Å². The summed E-state index contributed by atoms with van der Waals surface area (Å²) >= 11 is 0. The molecule has 0 saturated carbocycles. The van der Waals surface area contributed by atoms with Gasteiger partial charge in [0.05, 0.1) is 0 Å². The maximum Gasteiger partial charge on any atom is 0.193 e. The number of benzene rings is 2. The van der Waals surface area contributed by atoms with E-state index < -0.39 is 0 Å². The van der Waals surface area contributed by atoms with Crippen LogP contribution in [0.25, 0.3) is 0 Å². The van der Waals surface area contributed by atoms with Crippen LogP contribution in [0.5, 0.6) is 0 Å². The number of hydrogen-bond donors (Lipinski definition) is 0. The third-order valence-electron chi connectivity index (χ3n) is 3.47. The number of carbonyl (C=O) groups excluding carboxylic acids is 1. The standard InChI is InChI=1S/C18H20O/c1-4-15-16(13(2)3)11-8-12-17(15)18(19)14-9-6-5-7-10-14/h5-13H,4H2,1-3H3. The number of hydrogen-bond acceptors (Lipinski definition) is 1. The Hall–Kier alpha value is -1.89. The lowest BCUT2D eigenvalue weighted by molar-refractivity contribution is 0.103. The van der Waals surface area contributed by atoms with E-state index in [9.17, 15) is 4.79 Å². The van der Waals surface area contributed by atoms with Gasteiger partial charge in [-0.25, -0.2) is 0 Å². The Morgan fingerprint density at radius 2 is 1.68 bits per heavy atom. The average molecular weight is 252 g/mol. The fraction of sp³-hybridized carbons (Fsp3) is 0.278. The van der Waals surface area contributed by atoms with Gasteiger partial charge in [-0.1, -0.05) is 69.3 Å². The van der Waals surface area contributed by atoms with E-state index in [1.54, 1.807) is 0 Å². The Kier molecular flexibility index (Phi) is 4.16. The normalized spacial score (nSPS) is 10.7. The minimum Gasteiger partial charge on any atom is -0.289 e.